The molecule has 38 heavy (non-hydrogen) atoms. The number of allylic oxidation sites excluding steroid dienone is 1. The lowest BCUT2D eigenvalue weighted by molar-refractivity contribution is -0.138. The lowest BCUT2D eigenvalue weighted by atomic mass is 10.1. The highest BCUT2D eigenvalue weighted by Crippen LogP contribution is 2.36. The number of anilines is 1. The van der Waals surface area contributed by atoms with Crippen LogP contribution >= 0.6 is 0 Å². The number of hydrogen-bond donors (Lipinski definition) is 3. The zero-order valence-corrected chi connectivity index (χ0v) is 22.0. The summed E-state index contributed by atoms with van der Waals surface area (Å²) in [7, 11) is -1.16. The summed E-state index contributed by atoms with van der Waals surface area (Å²) in [6, 6.07) is 7.57. The van der Waals surface area contributed by atoms with Gasteiger partial charge in [0.15, 0.2) is 5.96 Å². The van der Waals surface area contributed by atoms with Crippen LogP contribution in [0.4, 0.5) is 18.9 Å². The average molecular weight is 557 g/mol. The Bertz CT molecular complexity index is 1290. The van der Waals surface area contributed by atoms with E-state index in [0.29, 0.717) is 11.6 Å². The normalized spacial score (nSPS) is 13.5. The standard InChI is InChI=1S/C25H31F3N4O5S/c1-17(9-12-23(34)35)16-32(38(36,37)20-8-4-7-19(15-20)25(26,27)28)21-14-18(10-11-22(21)33)6-5-13-30-24(29)31(2)3/h4-5,7-8,10-11,13-15,17,33H,6,9,12,16H2,1-3H3,(H2,29,30)(H,34,35)/b13-5-/t17-/m0/s1. The van der Waals surface area contributed by atoms with Crippen LogP contribution in [0.3, 0.4) is 0 Å². The quantitative estimate of drug-likeness (QED) is 0.281. The van der Waals surface area contributed by atoms with Crippen molar-refractivity contribution in [3.63, 3.8) is 0 Å². The smallest absolute Gasteiger partial charge is 0.416 e. The molecule has 1 atom stereocenters. The minimum absolute atomic E-state index is 0.110. The second kappa shape index (κ2) is 12.7. The summed E-state index contributed by atoms with van der Waals surface area (Å²) in [5.41, 5.74) is 5.01. The molecule has 0 radical (unpaired) electrons. The number of aromatic hydroxyl groups is 1. The summed E-state index contributed by atoms with van der Waals surface area (Å²) in [6.07, 6.45) is -1.48. The Balaban J connectivity index is 2.53. The van der Waals surface area contributed by atoms with Crippen molar-refractivity contribution in [3.05, 3.63) is 65.9 Å². The van der Waals surface area contributed by atoms with E-state index in [-0.39, 0.29) is 37.5 Å². The van der Waals surface area contributed by atoms with E-state index in [1.54, 1.807) is 38.1 Å². The molecule has 2 aromatic carbocycles. The second-order valence-electron chi connectivity index (χ2n) is 8.89. The van der Waals surface area contributed by atoms with Crippen molar-refractivity contribution in [2.45, 2.75) is 37.3 Å². The summed E-state index contributed by atoms with van der Waals surface area (Å²) >= 11 is 0. The highest BCUT2D eigenvalue weighted by Gasteiger charge is 2.34. The van der Waals surface area contributed by atoms with E-state index in [1.165, 1.54) is 18.3 Å². The monoisotopic (exact) mass is 556 g/mol. The second-order valence-corrected chi connectivity index (χ2v) is 10.8. The fraction of sp³-hybridized carbons (Fsp3) is 0.360. The first-order chi connectivity index (χ1) is 17.6. The maximum Gasteiger partial charge on any atom is 0.416 e. The summed E-state index contributed by atoms with van der Waals surface area (Å²) in [5, 5.41) is 19.6. The molecule has 0 bridgehead atoms. The molecule has 0 fully saturated rings. The maximum absolute atomic E-state index is 13.6. The molecule has 2 rings (SSSR count). The molecule has 13 heteroatoms. The molecule has 0 saturated heterocycles. The number of carboxylic acid groups (broad SMARTS) is 1. The number of carbonyl (C=O) groups is 1. The van der Waals surface area contributed by atoms with Crippen LogP contribution in [0.1, 0.15) is 30.9 Å². The highest BCUT2D eigenvalue weighted by molar-refractivity contribution is 7.92. The molecule has 208 valence electrons. The van der Waals surface area contributed by atoms with Gasteiger partial charge < -0.3 is 20.8 Å². The molecule has 0 aliphatic rings. The SMILES string of the molecule is C[C@@H](CCC(=O)O)CN(c1cc(C/C=C\N=C(N)N(C)C)ccc1O)S(=O)(=O)c1cccc(C(F)(F)F)c1. The predicted molar refractivity (Wildman–Crippen MR) is 138 cm³/mol. The number of hydrogen-bond acceptors (Lipinski definition) is 5. The molecule has 0 aromatic heterocycles. The van der Waals surface area contributed by atoms with Crippen LogP contribution in [-0.4, -0.2) is 56.1 Å². The van der Waals surface area contributed by atoms with Gasteiger partial charge in [-0.05, 0) is 54.7 Å². The van der Waals surface area contributed by atoms with Gasteiger partial charge in [-0.25, -0.2) is 13.4 Å². The molecule has 9 nitrogen and oxygen atoms in total. The number of guanidine groups is 1. The first-order valence-corrected chi connectivity index (χ1v) is 13.0. The number of carboxylic acids is 1. The number of alkyl halides is 3. The summed E-state index contributed by atoms with van der Waals surface area (Å²) in [4.78, 5) is 16.0. The van der Waals surface area contributed by atoms with Crippen LogP contribution in [0.15, 0.2) is 64.6 Å². The van der Waals surface area contributed by atoms with Crippen molar-refractivity contribution in [2.75, 3.05) is 24.9 Å². The highest BCUT2D eigenvalue weighted by atomic mass is 32.2. The molecule has 0 saturated carbocycles. The minimum atomic E-state index is -4.77. The molecule has 2 aromatic rings. The molecule has 0 spiro atoms. The van der Waals surface area contributed by atoms with Gasteiger partial charge in [0, 0.05) is 33.3 Å². The van der Waals surface area contributed by atoms with Gasteiger partial charge in [0.2, 0.25) is 0 Å². The van der Waals surface area contributed by atoms with E-state index in [0.717, 1.165) is 22.5 Å². The largest absolute Gasteiger partial charge is 0.506 e. The number of sulfonamides is 1. The van der Waals surface area contributed by atoms with Gasteiger partial charge in [-0.15, -0.1) is 0 Å². The zero-order valence-electron chi connectivity index (χ0n) is 21.2. The molecule has 0 aliphatic heterocycles. The van der Waals surface area contributed by atoms with E-state index < -0.39 is 44.3 Å². The maximum atomic E-state index is 13.6. The molecular weight excluding hydrogens is 525 g/mol. The van der Waals surface area contributed by atoms with E-state index in [9.17, 15) is 31.5 Å². The number of phenolic OH excluding ortho intramolecular Hbond substituents is 1. The van der Waals surface area contributed by atoms with Crippen molar-refractivity contribution in [3.8, 4) is 5.75 Å². The molecule has 4 N–H and O–H groups in total. The Kier molecular flexibility index (Phi) is 10.2. The number of nitrogens with zero attached hydrogens (tertiary/aromatic N) is 3. The van der Waals surface area contributed by atoms with Crippen LogP contribution in [0, 0.1) is 5.92 Å². The molecular formula is C25H31F3N4O5S. The lowest BCUT2D eigenvalue weighted by Gasteiger charge is -2.28. The number of aliphatic carboxylic acids is 1. The van der Waals surface area contributed by atoms with Gasteiger partial charge in [0.05, 0.1) is 16.1 Å². The van der Waals surface area contributed by atoms with Crippen molar-refractivity contribution in [1.82, 2.24) is 4.90 Å². The third-order valence-corrected chi connectivity index (χ3v) is 7.29. The van der Waals surface area contributed by atoms with Crippen molar-refractivity contribution in [2.24, 2.45) is 16.6 Å². The number of aliphatic imine (C=N–C) groups is 1. The fourth-order valence-electron chi connectivity index (χ4n) is 3.36. The van der Waals surface area contributed by atoms with Crippen molar-refractivity contribution < 1.29 is 36.6 Å². The minimum Gasteiger partial charge on any atom is -0.506 e. The Morgan fingerprint density at radius 2 is 1.87 bits per heavy atom. The number of halogens is 3. The van der Waals surface area contributed by atoms with Gasteiger partial charge in [0.1, 0.15) is 5.75 Å². The van der Waals surface area contributed by atoms with Crippen LogP contribution < -0.4 is 10.0 Å². The van der Waals surface area contributed by atoms with Gasteiger partial charge in [0.25, 0.3) is 10.0 Å². The van der Waals surface area contributed by atoms with Crippen molar-refractivity contribution >= 4 is 27.6 Å². The fourth-order valence-corrected chi connectivity index (χ4v) is 5.00. The molecule has 0 unspecified atom stereocenters. The van der Waals surface area contributed by atoms with Crippen LogP contribution in [0.25, 0.3) is 0 Å². The topological polar surface area (TPSA) is 137 Å². The molecule has 0 heterocycles. The Morgan fingerprint density at radius 1 is 1.18 bits per heavy atom. The van der Waals surface area contributed by atoms with Gasteiger partial charge >= 0.3 is 12.1 Å². The molecule has 0 aliphatic carbocycles. The Hall–Kier alpha value is -3.74. The summed E-state index contributed by atoms with van der Waals surface area (Å²) in [6.45, 7) is 1.34. The zero-order chi connectivity index (χ0) is 28.7. The number of nitrogens with two attached hydrogens (primary N) is 1. The first-order valence-electron chi connectivity index (χ1n) is 11.5. The first kappa shape index (κ1) is 30.5. The van der Waals surface area contributed by atoms with E-state index in [2.05, 4.69) is 4.99 Å². The van der Waals surface area contributed by atoms with Gasteiger partial charge in [-0.1, -0.05) is 25.1 Å². The summed E-state index contributed by atoms with van der Waals surface area (Å²) < 4.78 is 68.0. The number of benzene rings is 2. The van der Waals surface area contributed by atoms with E-state index in [1.807, 2.05) is 0 Å². The van der Waals surface area contributed by atoms with Crippen LogP contribution in [0.5, 0.6) is 5.75 Å². The Morgan fingerprint density at radius 3 is 2.47 bits per heavy atom. The van der Waals surface area contributed by atoms with Crippen LogP contribution in [-0.2, 0) is 27.4 Å². The van der Waals surface area contributed by atoms with Crippen LogP contribution in [0.2, 0.25) is 0 Å². The molecule has 0 amide bonds. The number of rotatable bonds is 11. The van der Waals surface area contributed by atoms with Gasteiger partial charge in [-0.3, -0.25) is 9.10 Å². The van der Waals surface area contributed by atoms with Crippen molar-refractivity contribution in [1.29, 1.82) is 0 Å². The third-order valence-electron chi connectivity index (χ3n) is 5.51. The third kappa shape index (κ3) is 8.40. The van der Waals surface area contributed by atoms with E-state index in [4.69, 9.17) is 10.8 Å². The summed E-state index contributed by atoms with van der Waals surface area (Å²) in [5.74, 6) is -1.72. The number of phenols is 1. The van der Waals surface area contributed by atoms with E-state index >= 15 is 0 Å². The predicted octanol–water partition coefficient (Wildman–Crippen LogP) is 4.04. The lowest BCUT2D eigenvalue weighted by Crippen LogP contribution is -2.35. The Labute approximate surface area is 219 Å². The average Bonchev–Trinajstić information content (AvgIpc) is 2.84. The van der Waals surface area contributed by atoms with Gasteiger partial charge in [-0.2, -0.15) is 13.2 Å².